The van der Waals surface area contributed by atoms with Gasteiger partial charge in [0.2, 0.25) is 0 Å². The van der Waals surface area contributed by atoms with E-state index in [4.69, 9.17) is 4.74 Å². The van der Waals surface area contributed by atoms with Crippen molar-refractivity contribution in [2.45, 2.75) is 26.2 Å². The van der Waals surface area contributed by atoms with Crippen LogP contribution < -0.4 is 15.4 Å². The second kappa shape index (κ2) is 10.6. The molecule has 0 atom stereocenters. The zero-order valence-corrected chi connectivity index (χ0v) is 17.5. The van der Waals surface area contributed by atoms with Crippen molar-refractivity contribution in [2.75, 3.05) is 13.7 Å². The van der Waals surface area contributed by atoms with E-state index < -0.39 is 12.8 Å². The van der Waals surface area contributed by atoms with Gasteiger partial charge >= 0.3 is 6.18 Å². The fourth-order valence-electron chi connectivity index (χ4n) is 2.08. The molecule has 0 aliphatic carbocycles. The molecule has 1 aromatic carbocycles. The van der Waals surface area contributed by atoms with Crippen molar-refractivity contribution in [3.8, 4) is 5.75 Å². The minimum Gasteiger partial charge on any atom is -0.484 e. The molecule has 0 aliphatic rings. The van der Waals surface area contributed by atoms with Gasteiger partial charge < -0.3 is 15.4 Å². The Bertz CT molecular complexity index is 706. The van der Waals surface area contributed by atoms with E-state index >= 15 is 0 Å². The molecule has 0 saturated carbocycles. The number of thiophene rings is 1. The van der Waals surface area contributed by atoms with E-state index in [-0.39, 0.29) is 29.7 Å². The van der Waals surface area contributed by atoms with E-state index in [0.717, 1.165) is 11.1 Å². The van der Waals surface area contributed by atoms with E-state index in [1.165, 1.54) is 0 Å². The Morgan fingerprint density at radius 1 is 1.19 bits per heavy atom. The fourth-order valence-corrected chi connectivity index (χ4v) is 2.75. The predicted octanol–water partition coefficient (Wildman–Crippen LogP) is 4.48. The van der Waals surface area contributed by atoms with Crippen LogP contribution in [0, 0.1) is 6.92 Å². The lowest BCUT2D eigenvalue weighted by atomic mass is 10.1. The molecule has 1 aromatic heterocycles. The molecular formula is C17H21F3IN3OS. The van der Waals surface area contributed by atoms with Gasteiger partial charge in [-0.2, -0.15) is 24.5 Å². The van der Waals surface area contributed by atoms with Gasteiger partial charge in [0, 0.05) is 25.7 Å². The Labute approximate surface area is 171 Å². The zero-order valence-electron chi connectivity index (χ0n) is 14.4. The Hall–Kier alpha value is -1.49. The van der Waals surface area contributed by atoms with Gasteiger partial charge in [-0.15, -0.1) is 24.0 Å². The normalized spacial score (nSPS) is 11.7. The number of alkyl halides is 3. The summed E-state index contributed by atoms with van der Waals surface area (Å²) in [5, 5.41) is 10.3. The number of hydrogen-bond acceptors (Lipinski definition) is 3. The first-order valence-corrected chi connectivity index (χ1v) is 8.56. The summed E-state index contributed by atoms with van der Waals surface area (Å²) in [6, 6.07) is 7.19. The highest BCUT2D eigenvalue weighted by molar-refractivity contribution is 14.0. The highest BCUT2D eigenvalue weighted by Crippen LogP contribution is 2.23. The number of aryl methyl sites for hydroxylation is 1. The molecule has 0 unspecified atom stereocenters. The minimum atomic E-state index is -4.37. The number of aliphatic imine (C=N–C) groups is 1. The summed E-state index contributed by atoms with van der Waals surface area (Å²) in [7, 11) is 1.64. The Balaban J connectivity index is 0.00000338. The van der Waals surface area contributed by atoms with Gasteiger partial charge in [0.1, 0.15) is 5.75 Å². The number of halogens is 4. The molecule has 0 fully saturated rings. The second-order valence-electron chi connectivity index (χ2n) is 5.43. The van der Waals surface area contributed by atoms with Crippen LogP contribution in [-0.2, 0) is 13.1 Å². The van der Waals surface area contributed by atoms with Gasteiger partial charge in [-0.05, 0) is 40.9 Å². The molecule has 0 spiro atoms. The molecule has 2 aromatic rings. The SMILES string of the molecule is CN=C(NCc1ccsc1)NCc1ccc(C)cc1OCC(F)(F)F.I. The maximum atomic E-state index is 12.4. The Kier molecular flexibility index (Phi) is 9.20. The molecule has 0 aliphatic heterocycles. The Morgan fingerprint density at radius 2 is 1.92 bits per heavy atom. The van der Waals surface area contributed by atoms with Crippen molar-refractivity contribution < 1.29 is 17.9 Å². The molecule has 0 saturated heterocycles. The van der Waals surface area contributed by atoms with E-state index in [9.17, 15) is 13.2 Å². The first-order valence-electron chi connectivity index (χ1n) is 7.62. The number of nitrogens with one attached hydrogen (secondary N) is 2. The van der Waals surface area contributed by atoms with Crippen molar-refractivity contribution in [3.63, 3.8) is 0 Å². The molecular weight excluding hydrogens is 478 g/mol. The van der Waals surface area contributed by atoms with Gasteiger partial charge in [0.15, 0.2) is 12.6 Å². The van der Waals surface area contributed by atoms with Crippen LogP contribution in [0.4, 0.5) is 13.2 Å². The zero-order chi connectivity index (χ0) is 18.3. The standard InChI is InChI=1S/C17H20F3N3OS.HI/c1-12-3-4-14(15(7-12)24-11-17(18,19)20)9-23-16(21-2)22-8-13-5-6-25-10-13;/h3-7,10H,8-9,11H2,1-2H3,(H2,21,22,23);1H. The first kappa shape index (κ1) is 22.6. The lowest BCUT2D eigenvalue weighted by Crippen LogP contribution is -2.36. The van der Waals surface area contributed by atoms with E-state index in [1.807, 2.05) is 22.9 Å². The van der Waals surface area contributed by atoms with Crippen molar-refractivity contribution in [3.05, 3.63) is 51.7 Å². The molecule has 1 heterocycles. The monoisotopic (exact) mass is 499 g/mol. The summed E-state index contributed by atoms with van der Waals surface area (Å²) in [5.41, 5.74) is 2.60. The summed E-state index contributed by atoms with van der Waals surface area (Å²) >= 11 is 1.61. The lowest BCUT2D eigenvalue weighted by Gasteiger charge is -2.16. The molecule has 0 bridgehead atoms. The van der Waals surface area contributed by atoms with Crippen LogP contribution in [0.1, 0.15) is 16.7 Å². The van der Waals surface area contributed by atoms with Crippen LogP contribution in [0.3, 0.4) is 0 Å². The molecule has 0 radical (unpaired) electrons. The van der Waals surface area contributed by atoms with Gasteiger partial charge in [-0.25, -0.2) is 0 Å². The van der Waals surface area contributed by atoms with Gasteiger partial charge in [0.05, 0.1) is 0 Å². The van der Waals surface area contributed by atoms with Crippen molar-refractivity contribution in [2.24, 2.45) is 4.99 Å². The van der Waals surface area contributed by atoms with Crippen LogP contribution in [-0.4, -0.2) is 25.8 Å². The molecule has 144 valence electrons. The third kappa shape index (κ3) is 7.81. The summed E-state index contributed by atoms with van der Waals surface area (Å²) in [6.45, 7) is 1.42. The first-order chi connectivity index (χ1) is 11.9. The predicted molar refractivity (Wildman–Crippen MR) is 110 cm³/mol. The molecule has 4 nitrogen and oxygen atoms in total. The van der Waals surface area contributed by atoms with E-state index in [2.05, 4.69) is 15.6 Å². The van der Waals surface area contributed by atoms with E-state index in [0.29, 0.717) is 24.6 Å². The molecule has 2 rings (SSSR count). The third-order valence-electron chi connectivity index (χ3n) is 3.32. The van der Waals surface area contributed by atoms with Gasteiger partial charge in [-0.1, -0.05) is 12.1 Å². The maximum absolute atomic E-state index is 12.4. The topological polar surface area (TPSA) is 45.7 Å². The summed E-state index contributed by atoms with van der Waals surface area (Å²) in [4.78, 5) is 4.11. The maximum Gasteiger partial charge on any atom is 0.422 e. The van der Waals surface area contributed by atoms with Crippen LogP contribution in [0.15, 0.2) is 40.0 Å². The smallest absolute Gasteiger partial charge is 0.422 e. The van der Waals surface area contributed by atoms with Crippen LogP contribution in [0.5, 0.6) is 5.75 Å². The van der Waals surface area contributed by atoms with Crippen LogP contribution in [0.2, 0.25) is 0 Å². The van der Waals surface area contributed by atoms with Crippen molar-refractivity contribution >= 4 is 41.3 Å². The molecule has 2 N–H and O–H groups in total. The second-order valence-corrected chi connectivity index (χ2v) is 6.21. The minimum absolute atomic E-state index is 0. The number of hydrogen-bond donors (Lipinski definition) is 2. The number of rotatable bonds is 6. The van der Waals surface area contributed by atoms with Crippen molar-refractivity contribution in [1.29, 1.82) is 0 Å². The quantitative estimate of drug-likeness (QED) is 0.350. The average molecular weight is 499 g/mol. The summed E-state index contributed by atoms with van der Waals surface area (Å²) < 4.78 is 42.2. The van der Waals surface area contributed by atoms with Crippen LogP contribution >= 0.6 is 35.3 Å². The molecule has 26 heavy (non-hydrogen) atoms. The number of ether oxygens (including phenoxy) is 1. The summed E-state index contributed by atoms with van der Waals surface area (Å²) in [6.07, 6.45) is -4.37. The lowest BCUT2D eigenvalue weighted by molar-refractivity contribution is -0.153. The van der Waals surface area contributed by atoms with Gasteiger partial charge in [0.25, 0.3) is 0 Å². The largest absolute Gasteiger partial charge is 0.484 e. The highest BCUT2D eigenvalue weighted by Gasteiger charge is 2.28. The fraction of sp³-hybridized carbons (Fsp3) is 0.353. The van der Waals surface area contributed by atoms with Gasteiger partial charge in [-0.3, -0.25) is 4.99 Å². The van der Waals surface area contributed by atoms with Crippen molar-refractivity contribution in [1.82, 2.24) is 10.6 Å². The number of guanidine groups is 1. The molecule has 0 amide bonds. The Morgan fingerprint density at radius 3 is 2.54 bits per heavy atom. The molecule has 9 heteroatoms. The average Bonchev–Trinajstić information content (AvgIpc) is 3.07. The number of benzene rings is 1. The number of nitrogens with zero attached hydrogens (tertiary/aromatic N) is 1. The van der Waals surface area contributed by atoms with Crippen LogP contribution in [0.25, 0.3) is 0 Å². The third-order valence-corrected chi connectivity index (χ3v) is 4.06. The van der Waals surface area contributed by atoms with E-state index in [1.54, 1.807) is 37.4 Å². The highest BCUT2D eigenvalue weighted by atomic mass is 127. The summed E-state index contributed by atoms with van der Waals surface area (Å²) in [5.74, 6) is 0.784.